The Hall–Kier alpha value is -2.62. The molecule has 0 bridgehead atoms. The number of nitrogens with zero attached hydrogens (tertiary/aromatic N) is 1. The van der Waals surface area contributed by atoms with Gasteiger partial charge in [-0.15, -0.1) is 0 Å². The van der Waals surface area contributed by atoms with Crippen LogP contribution in [0.25, 0.3) is 17.0 Å². The lowest BCUT2D eigenvalue weighted by molar-refractivity contribution is -0.113. The van der Waals surface area contributed by atoms with E-state index in [1.807, 2.05) is 30.3 Å². The topological polar surface area (TPSA) is 61.6 Å². The molecule has 0 aliphatic rings. The molecule has 5 nitrogen and oxygen atoms in total. The number of methoxy groups -OCH3 is 1. The molecule has 0 N–H and O–H groups in total. The number of hydrogen-bond donors (Lipinski definition) is 0. The number of allylic oxidation sites excluding steroid dienone is 2. The van der Waals surface area contributed by atoms with Crippen LogP contribution in [0.5, 0.6) is 0 Å². The minimum absolute atomic E-state index is 0.0929. The van der Waals surface area contributed by atoms with Crippen LogP contribution in [0.4, 0.5) is 0 Å². The monoisotopic (exact) mass is 411 g/mol. The van der Waals surface area contributed by atoms with Gasteiger partial charge >= 0.3 is 0 Å². The molecule has 0 unspecified atom stereocenters. The summed E-state index contributed by atoms with van der Waals surface area (Å²) in [6.07, 6.45) is 1.58. The molecule has 0 saturated heterocycles. The number of carbonyl (C=O) groups excluding carboxylic acids is 1. The summed E-state index contributed by atoms with van der Waals surface area (Å²) in [5, 5.41) is 0.0929. The number of aromatic nitrogens is 1. The fourth-order valence-corrected chi connectivity index (χ4v) is 3.16. The van der Waals surface area contributed by atoms with Crippen LogP contribution in [0, 0.1) is 11.8 Å². The zero-order chi connectivity index (χ0) is 21.7. The van der Waals surface area contributed by atoms with Gasteiger partial charge in [-0.2, -0.15) is 0 Å². The minimum Gasteiger partial charge on any atom is -0.492 e. The first-order valence-corrected chi connectivity index (χ1v) is 12.4. The molecule has 2 aromatic rings. The Morgan fingerprint density at radius 2 is 1.86 bits per heavy atom. The molecule has 154 valence electrons. The van der Waals surface area contributed by atoms with Crippen LogP contribution in [-0.4, -0.2) is 32.8 Å². The highest BCUT2D eigenvalue weighted by Crippen LogP contribution is 2.36. The number of hydrogen-bond acceptors (Lipinski definition) is 5. The maximum atomic E-state index is 12.5. The van der Waals surface area contributed by atoms with E-state index >= 15 is 0 Å². The molecule has 2 rings (SSSR count). The first-order chi connectivity index (χ1) is 13.6. The molecule has 0 fully saturated rings. The molecule has 0 aliphatic carbocycles. The van der Waals surface area contributed by atoms with Crippen LogP contribution in [0.1, 0.15) is 33.5 Å². The SMILES string of the molecule is CO/C(C(=O)C#CCO[Si](C)(C)C(C)(C)C)=C(/C)c1cnc(-c2ccccc2)o1. The quantitative estimate of drug-likeness (QED) is 0.212. The van der Waals surface area contributed by atoms with Gasteiger partial charge in [0.2, 0.25) is 5.89 Å². The highest BCUT2D eigenvalue weighted by molar-refractivity contribution is 6.74. The number of Topliss-reactive ketones (excluding diaryl/α,β-unsaturated/α-hetero) is 1. The lowest BCUT2D eigenvalue weighted by Gasteiger charge is -2.35. The summed E-state index contributed by atoms with van der Waals surface area (Å²) < 4.78 is 17.1. The van der Waals surface area contributed by atoms with Crippen molar-refractivity contribution >= 4 is 19.7 Å². The zero-order valence-electron chi connectivity index (χ0n) is 18.3. The molecule has 1 aromatic heterocycles. The molecular weight excluding hydrogens is 382 g/mol. The lowest BCUT2D eigenvalue weighted by atomic mass is 10.1. The van der Waals surface area contributed by atoms with Gasteiger partial charge in [0, 0.05) is 11.1 Å². The fourth-order valence-electron chi connectivity index (χ4n) is 2.30. The number of benzene rings is 1. The highest BCUT2D eigenvalue weighted by atomic mass is 28.4. The molecule has 0 aliphatic heterocycles. The largest absolute Gasteiger partial charge is 0.492 e. The average Bonchev–Trinajstić information content (AvgIpc) is 3.16. The smallest absolute Gasteiger partial charge is 0.270 e. The lowest BCUT2D eigenvalue weighted by Crippen LogP contribution is -2.40. The van der Waals surface area contributed by atoms with Crippen molar-refractivity contribution in [2.75, 3.05) is 13.7 Å². The highest BCUT2D eigenvalue weighted by Gasteiger charge is 2.36. The maximum absolute atomic E-state index is 12.5. The van der Waals surface area contributed by atoms with Crippen LogP contribution in [-0.2, 0) is 14.0 Å². The number of ketones is 1. The molecule has 1 heterocycles. The second-order valence-electron chi connectivity index (χ2n) is 8.23. The third-order valence-electron chi connectivity index (χ3n) is 5.16. The van der Waals surface area contributed by atoms with Crippen LogP contribution < -0.4 is 0 Å². The van der Waals surface area contributed by atoms with Crippen molar-refractivity contribution < 1.29 is 18.4 Å². The summed E-state index contributed by atoms with van der Waals surface area (Å²) in [6.45, 7) is 12.7. The first-order valence-electron chi connectivity index (χ1n) is 9.50. The van der Waals surface area contributed by atoms with E-state index in [2.05, 4.69) is 50.7 Å². The van der Waals surface area contributed by atoms with Crippen molar-refractivity contribution in [2.24, 2.45) is 0 Å². The van der Waals surface area contributed by atoms with Gasteiger partial charge in [0.15, 0.2) is 19.8 Å². The Morgan fingerprint density at radius 1 is 1.21 bits per heavy atom. The minimum atomic E-state index is -1.90. The van der Waals surface area contributed by atoms with E-state index in [4.69, 9.17) is 13.6 Å². The summed E-state index contributed by atoms with van der Waals surface area (Å²) in [5.74, 6) is 6.10. The number of ether oxygens (including phenoxy) is 1. The van der Waals surface area contributed by atoms with Gasteiger partial charge in [0.1, 0.15) is 0 Å². The van der Waals surface area contributed by atoms with Crippen LogP contribution in [0.3, 0.4) is 0 Å². The molecule has 0 amide bonds. The molecule has 0 saturated carbocycles. The Balaban J connectivity index is 2.15. The number of carbonyl (C=O) groups is 1. The van der Waals surface area contributed by atoms with Crippen LogP contribution in [0.15, 0.2) is 46.7 Å². The van der Waals surface area contributed by atoms with Gasteiger partial charge < -0.3 is 13.6 Å². The van der Waals surface area contributed by atoms with E-state index in [1.165, 1.54) is 7.11 Å². The van der Waals surface area contributed by atoms with E-state index in [0.717, 1.165) is 5.56 Å². The molecule has 0 atom stereocenters. The molecule has 6 heteroatoms. The second-order valence-corrected chi connectivity index (χ2v) is 13.0. The Kier molecular flexibility index (Phi) is 7.23. The molecule has 0 spiro atoms. The third-order valence-corrected chi connectivity index (χ3v) is 9.64. The molecule has 0 radical (unpaired) electrons. The number of rotatable bonds is 6. The van der Waals surface area contributed by atoms with E-state index in [1.54, 1.807) is 13.1 Å². The van der Waals surface area contributed by atoms with Crippen LogP contribution in [0.2, 0.25) is 18.1 Å². The van der Waals surface area contributed by atoms with E-state index in [-0.39, 0.29) is 17.4 Å². The van der Waals surface area contributed by atoms with Gasteiger partial charge in [0.05, 0.1) is 19.9 Å². The fraction of sp³-hybridized carbons (Fsp3) is 0.391. The first kappa shape index (κ1) is 22.7. The normalized spacial score (nSPS) is 12.7. The van der Waals surface area contributed by atoms with Crippen molar-refractivity contribution in [3.63, 3.8) is 0 Å². The summed E-state index contributed by atoms with van der Waals surface area (Å²) in [4.78, 5) is 16.8. The summed E-state index contributed by atoms with van der Waals surface area (Å²) in [6, 6.07) is 9.56. The van der Waals surface area contributed by atoms with E-state index < -0.39 is 14.1 Å². The van der Waals surface area contributed by atoms with Gasteiger partial charge in [-0.25, -0.2) is 4.98 Å². The maximum Gasteiger partial charge on any atom is 0.270 e. The average molecular weight is 412 g/mol. The molecule has 29 heavy (non-hydrogen) atoms. The van der Waals surface area contributed by atoms with Gasteiger partial charge in [-0.05, 0) is 43.1 Å². The second kappa shape index (κ2) is 9.25. The van der Waals surface area contributed by atoms with Gasteiger partial charge in [-0.1, -0.05) is 44.9 Å². The standard InChI is InChI=1S/C23H29NO4Si/c1-17(20-16-24-22(28-20)18-12-9-8-10-13-18)21(26-5)19(25)14-11-15-27-29(6,7)23(2,3)4/h8-10,12-13,16H,15H2,1-7H3/b21-17-. The summed E-state index contributed by atoms with van der Waals surface area (Å²) in [7, 11) is -0.453. The Bertz CT molecular complexity index is 940. The molecular formula is C23H29NO4Si. The predicted molar refractivity (Wildman–Crippen MR) is 117 cm³/mol. The number of oxazole rings is 1. The third kappa shape index (κ3) is 5.69. The Morgan fingerprint density at radius 3 is 2.45 bits per heavy atom. The van der Waals surface area contributed by atoms with Crippen molar-refractivity contribution in [1.82, 2.24) is 4.98 Å². The summed E-state index contributed by atoms with van der Waals surface area (Å²) in [5.41, 5.74) is 1.41. The van der Waals surface area contributed by atoms with Gasteiger partial charge in [-0.3, -0.25) is 4.79 Å². The predicted octanol–water partition coefficient (Wildman–Crippen LogP) is 5.31. The summed E-state index contributed by atoms with van der Waals surface area (Å²) >= 11 is 0. The van der Waals surface area contributed by atoms with Crippen LogP contribution >= 0.6 is 0 Å². The van der Waals surface area contributed by atoms with Gasteiger partial charge in [0.25, 0.3) is 5.78 Å². The Labute approximate surface area is 174 Å². The van der Waals surface area contributed by atoms with E-state index in [9.17, 15) is 4.79 Å². The van der Waals surface area contributed by atoms with Crippen molar-refractivity contribution in [3.05, 3.63) is 48.0 Å². The van der Waals surface area contributed by atoms with Crippen molar-refractivity contribution in [1.29, 1.82) is 0 Å². The van der Waals surface area contributed by atoms with Crippen molar-refractivity contribution in [3.8, 4) is 23.3 Å². The van der Waals surface area contributed by atoms with Crippen molar-refractivity contribution in [2.45, 2.75) is 45.8 Å². The van der Waals surface area contributed by atoms with E-state index in [0.29, 0.717) is 17.2 Å². The zero-order valence-corrected chi connectivity index (χ0v) is 19.3. The molecule has 1 aromatic carbocycles.